The Morgan fingerprint density at radius 2 is 1.90 bits per heavy atom. The van der Waals surface area contributed by atoms with E-state index in [0.717, 1.165) is 5.56 Å². The number of rotatable bonds is 9. The Morgan fingerprint density at radius 1 is 1.24 bits per heavy atom. The molecular weight excluding hydrogens is 292 g/mol. The predicted molar refractivity (Wildman–Crippen MR) is 80.6 cm³/mol. The van der Waals surface area contributed by atoms with Gasteiger partial charge < -0.3 is 16.2 Å². The molecule has 114 valence electrons. The number of primary amides is 1. The number of carboxylic acids is 1. The van der Waals surface area contributed by atoms with Gasteiger partial charge in [-0.25, -0.2) is 4.79 Å². The zero-order valence-corrected chi connectivity index (χ0v) is 12.3. The van der Waals surface area contributed by atoms with E-state index in [2.05, 4.69) is 5.32 Å². The lowest BCUT2D eigenvalue weighted by Gasteiger charge is -2.13. The summed E-state index contributed by atoms with van der Waals surface area (Å²) < 4.78 is 0. The number of thioether (sulfide) groups is 1. The number of hydrogen-bond acceptors (Lipinski definition) is 4. The SMILES string of the molecule is NC(=O)CCC(NC(=O)CSCc1ccccc1)C(=O)O. The number of carbonyl (C=O) groups excluding carboxylic acids is 2. The fourth-order valence-corrected chi connectivity index (χ4v) is 2.41. The van der Waals surface area contributed by atoms with Crippen LogP contribution < -0.4 is 11.1 Å². The number of aliphatic carboxylic acids is 1. The van der Waals surface area contributed by atoms with Gasteiger partial charge in [0.25, 0.3) is 0 Å². The molecule has 1 aromatic carbocycles. The molecule has 0 saturated carbocycles. The maximum Gasteiger partial charge on any atom is 0.326 e. The number of carbonyl (C=O) groups is 3. The molecule has 0 aliphatic heterocycles. The average molecular weight is 310 g/mol. The third-order valence-corrected chi connectivity index (χ3v) is 3.66. The Kier molecular flexibility index (Phi) is 7.31. The van der Waals surface area contributed by atoms with Crippen molar-refractivity contribution in [3.8, 4) is 0 Å². The van der Waals surface area contributed by atoms with Crippen LogP contribution in [0.2, 0.25) is 0 Å². The van der Waals surface area contributed by atoms with Crippen molar-refractivity contribution in [3.05, 3.63) is 35.9 Å². The van der Waals surface area contributed by atoms with Gasteiger partial charge >= 0.3 is 5.97 Å². The summed E-state index contributed by atoms with van der Waals surface area (Å²) in [6.07, 6.45) is -0.0752. The van der Waals surface area contributed by atoms with Crippen LogP contribution in [0.4, 0.5) is 0 Å². The first-order chi connectivity index (χ1) is 9.99. The molecule has 0 radical (unpaired) electrons. The Morgan fingerprint density at radius 3 is 2.48 bits per heavy atom. The minimum absolute atomic E-state index is 0.000239. The summed E-state index contributed by atoms with van der Waals surface area (Å²) in [5.74, 6) is -1.29. The molecule has 0 aliphatic carbocycles. The van der Waals surface area contributed by atoms with Crippen molar-refractivity contribution in [2.75, 3.05) is 5.75 Å². The highest BCUT2D eigenvalue weighted by Gasteiger charge is 2.20. The highest BCUT2D eigenvalue weighted by Crippen LogP contribution is 2.11. The second-order valence-electron chi connectivity index (χ2n) is 4.44. The topological polar surface area (TPSA) is 109 Å². The molecule has 4 N–H and O–H groups in total. The van der Waals surface area contributed by atoms with Crippen LogP contribution >= 0.6 is 11.8 Å². The molecule has 7 heteroatoms. The van der Waals surface area contributed by atoms with Crippen molar-refractivity contribution >= 4 is 29.5 Å². The summed E-state index contributed by atoms with van der Waals surface area (Å²) in [7, 11) is 0. The molecular formula is C14H18N2O4S. The van der Waals surface area contributed by atoms with Gasteiger partial charge in [0.1, 0.15) is 6.04 Å². The monoisotopic (exact) mass is 310 g/mol. The van der Waals surface area contributed by atoms with E-state index >= 15 is 0 Å². The third-order valence-electron chi connectivity index (χ3n) is 2.66. The normalized spacial score (nSPS) is 11.6. The summed E-state index contributed by atoms with van der Waals surface area (Å²) in [5, 5.41) is 11.4. The third kappa shape index (κ3) is 7.36. The highest BCUT2D eigenvalue weighted by atomic mass is 32.2. The summed E-state index contributed by atoms with van der Waals surface area (Å²) in [5.41, 5.74) is 6.06. The first-order valence-electron chi connectivity index (χ1n) is 6.41. The van der Waals surface area contributed by atoms with Gasteiger partial charge in [0.2, 0.25) is 11.8 Å². The van der Waals surface area contributed by atoms with Crippen LogP contribution in [0.25, 0.3) is 0 Å². The van der Waals surface area contributed by atoms with E-state index in [1.54, 1.807) is 0 Å². The molecule has 1 aromatic rings. The van der Waals surface area contributed by atoms with Gasteiger partial charge in [-0.3, -0.25) is 9.59 Å². The molecule has 0 aliphatic rings. The van der Waals surface area contributed by atoms with E-state index in [-0.39, 0.29) is 24.5 Å². The molecule has 1 rings (SSSR count). The Labute approximate surface area is 127 Å². The van der Waals surface area contributed by atoms with Crippen LogP contribution in [0.1, 0.15) is 18.4 Å². The Bertz CT molecular complexity index is 493. The lowest BCUT2D eigenvalue weighted by atomic mass is 10.1. The molecule has 0 saturated heterocycles. The summed E-state index contributed by atoms with van der Waals surface area (Å²) in [6, 6.07) is 8.58. The number of hydrogen-bond donors (Lipinski definition) is 3. The molecule has 2 amide bonds. The molecule has 1 atom stereocenters. The highest BCUT2D eigenvalue weighted by molar-refractivity contribution is 7.99. The minimum Gasteiger partial charge on any atom is -0.480 e. The molecule has 0 bridgehead atoms. The van der Waals surface area contributed by atoms with E-state index in [4.69, 9.17) is 10.8 Å². The number of nitrogens with one attached hydrogen (secondary N) is 1. The molecule has 0 spiro atoms. The predicted octanol–water partition coefficient (Wildman–Crippen LogP) is 0.755. The van der Waals surface area contributed by atoms with Gasteiger partial charge in [0, 0.05) is 12.2 Å². The fraction of sp³-hybridized carbons (Fsp3) is 0.357. The minimum atomic E-state index is -1.17. The van der Waals surface area contributed by atoms with Crippen molar-refractivity contribution < 1.29 is 19.5 Å². The maximum absolute atomic E-state index is 11.7. The van der Waals surface area contributed by atoms with Crippen molar-refractivity contribution in [1.82, 2.24) is 5.32 Å². The first-order valence-corrected chi connectivity index (χ1v) is 7.56. The quantitative estimate of drug-likeness (QED) is 0.623. The van der Waals surface area contributed by atoms with Crippen molar-refractivity contribution in [1.29, 1.82) is 0 Å². The van der Waals surface area contributed by atoms with Gasteiger partial charge in [-0.1, -0.05) is 30.3 Å². The molecule has 1 unspecified atom stereocenters. The Balaban J connectivity index is 2.33. The Hall–Kier alpha value is -2.02. The van der Waals surface area contributed by atoms with Gasteiger partial charge in [0.15, 0.2) is 0 Å². The first kappa shape index (κ1) is 17.0. The van der Waals surface area contributed by atoms with Crippen LogP contribution in [0.3, 0.4) is 0 Å². The summed E-state index contributed by atoms with van der Waals surface area (Å²) >= 11 is 1.40. The maximum atomic E-state index is 11.7. The van der Waals surface area contributed by atoms with Gasteiger partial charge in [-0.05, 0) is 12.0 Å². The lowest BCUT2D eigenvalue weighted by molar-refractivity contribution is -0.141. The zero-order valence-electron chi connectivity index (χ0n) is 11.5. The van der Waals surface area contributed by atoms with Crippen molar-refractivity contribution in [3.63, 3.8) is 0 Å². The number of benzene rings is 1. The second-order valence-corrected chi connectivity index (χ2v) is 5.43. The van der Waals surface area contributed by atoms with Gasteiger partial charge in [-0.2, -0.15) is 0 Å². The smallest absolute Gasteiger partial charge is 0.326 e. The van der Waals surface area contributed by atoms with Crippen molar-refractivity contribution in [2.24, 2.45) is 5.73 Å². The lowest BCUT2D eigenvalue weighted by Crippen LogP contribution is -2.42. The zero-order chi connectivity index (χ0) is 15.7. The van der Waals surface area contributed by atoms with Crippen LogP contribution in [-0.2, 0) is 20.1 Å². The van der Waals surface area contributed by atoms with Crippen LogP contribution in [0.5, 0.6) is 0 Å². The standard InChI is InChI=1S/C14H18N2O4S/c15-12(17)7-6-11(14(19)20)16-13(18)9-21-8-10-4-2-1-3-5-10/h1-5,11H,6-9H2,(H2,15,17)(H,16,18)(H,19,20). The molecule has 0 heterocycles. The molecule has 0 aromatic heterocycles. The average Bonchev–Trinajstić information content (AvgIpc) is 2.44. The van der Waals surface area contributed by atoms with E-state index in [0.29, 0.717) is 5.75 Å². The molecule has 6 nitrogen and oxygen atoms in total. The van der Waals surface area contributed by atoms with E-state index < -0.39 is 17.9 Å². The van der Waals surface area contributed by atoms with E-state index in [9.17, 15) is 14.4 Å². The fourth-order valence-electron chi connectivity index (χ4n) is 1.62. The van der Waals surface area contributed by atoms with Gasteiger partial charge in [0.05, 0.1) is 5.75 Å². The van der Waals surface area contributed by atoms with Crippen LogP contribution in [0, 0.1) is 0 Å². The summed E-state index contributed by atoms with van der Waals surface area (Å²) in [4.78, 5) is 33.3. The largest absolute Gasteiger partial charge is 0.480 e. The van der Waals surface area contributed by atoms with Gasteiger partial charge in [-0.15, -0.1) is 11.8 Å². The summed E-state index contributed by atoms with van der Waals surface area (Å²) in [6.45, 7) is 0. The van der Waals surface area contributed by atoms with Crippen molar-refractivity contribution in [2.45, 2.75) is 24.6 Å². The van der Waals surface area contributed by atoms with Crippen LogP contribution in [0.15, 0.2) is 30.3 Å². The molecule has 21 heavy (non-hydrogen) atoms. The number of carboxylic acid groups (broad SMARTS) is 1. The number of amides is 2. The number of nitrogens with two attached hydrogens (primary N) is 1. The molecule has 0 fully saturated rings. The van der Waals surface area contributed by atoms with Crippen LogP contribution in [-0.4, -0.2) is 34.7 Å². The second kappa shape index (κ2) is 9.02. The van der Waals surface area contributed by atoms with E-state index in [1.165, 1.54) is 11.8 Å². The van der Waals surface area contributed by atoms with E-state index in [1.807, 2.05) is 30.3 Å².